The van der Waals surface area contributed by atoms with E-state index in [1.54, 1.807) is 23.6 Å². The summed E-state index contributed by atoms with van der Waals surface area (Å²) in [7, 11) is 1.62. The fourth-order valence-corrected chi connectivity index (χ4v) is 5.59. The molecule has 1 saturated carbocycles. The summed E-state index contributed by atoms with van der Waals surface area (Å²) in [6.45, 7) is 0.450. The third kappa shape index (κ3) is 5.22. The molecule has 1 aromatic heterocycles. The van der Waals surface area contributed by atoms with Crippen molar-refractivity contribution in [2.45, 2.75) is 48.4 Å². The predicted octanol–water partition coefficient (Wildman–Crippen LogP) is 6.16. The first-order valence-electron chi connectivity index (χ1n) is 10.4. The molecule has 0 atom stereocenters. The molecule has 1 aliphatic carbocycles. The van der Waals surface area contributed by atoms with Gasteiger partial charge in [-0.15, -0.1) is 16.9 Å². The Balaban J connectivity index is 1.45. The third-order valence-electron chi connectivity index (χ3n) is 5.75. The fraction of sp³-hybridized carbons (Fsp3) is 0.348. The molecule has 0 saturated heterocycles. The maximum absolute atomic E-state index is 11.7. The van der Waals surface area contributed by atoms with Crippen LogP contribution < -0.4 is 4.74 Å². The monoisotopic (exact) mass is 491 g/mol. The van der Waals surface area contributed by atoms with E-state index in [-0.39, 0.29) is 5.69 Å². The van der Waals surface area contributed by atoms with Crippen LogP contribution in [0.2, 0.25) is 10.0 Å². The van der Waals surface area contributed by atoms with Gasteiger partial charge in [0.2, 0.25) is 5.69 Å². The van der Waals surface area contributed by atoms with Crippen LogP contribution in [-0.2, 0) is 6.54 Å². The molecule has 0 aliphatic heterocycles. The highest BCUT2D eigenvalue weighted by Crippen LogP contribution is 2.41. The summed E-state index contributed by atoms with van der Waals surface area (Å²) >= 11 is 13.8. The molecule has 0 bridgehead atoms. The largest absolute Gasteiger partial charge is 0.497 e. The maximum Gasteiger partial charge on any atom is 0.359 e. The summed E-state index contributed by atoms with van der Waals surface area (Å²) in [6.07, 6.45) is 3.97. The molecule has 32 heavy (non-hydrogen) atoms. The maximum atomic E-state index is 11.7. The number of methoxy groups -OCH3 is 1. The number of hydrogen-bond acceptors (Lipinski definition) is 5. The van der Waals surface area contributed by atoms with Gasteiger partial charge in [0.1, 0.15) is 10.8 Å². The first-order valence-corrected chi connectivity index (χ1v) is 12.0. The molecule has 168 valence electrons. The minimum atomic E-state index is -1.06. The van der Waals surface area contributed by atoms with Crippen LogP contribution in [0.4, 0.5) is 0 Å². The number of rotatable bonds is 7. The number of halogens is 2. The first-order chi connectivity index (χ1) is 15.4. The Bertz CT molecular complexity index is 1100. The highest BCUT2D eigenvalue weighted by atomic mass is 35.5. The standard InChI is InChI=1S/C23H23Cl2N3O3S/c1-31-17-7-2-14(3-8-17)13-28-22(21(23(29)30)26-27-28)32-18-9-4-15(5-10-18)16-6-11-19(24)20(25)12-16/h2-3,6-8,11-12,15,18H,4-5,9-10,13H2,1H3,(H,29,30). The second-order valence-corrected chi connectivity index (χ2v) is 9.92. The van der Waals surface area contributed by atoms with Gasteiger partial charge < -0.3 is 9.84 Å². The van der Waals surface area contributed by atoms with Crippen LogP contribution in [0.1, 0.15) is 53.2 Å². The number of hydrogen-bond donors (Lipinski definition) is 1. The van der Waals surface area contributed by atoms with E-state index in [9.17, 15) is 9.90 Å². The molecule has 4 rings (SSSR count). The topological polar surface area (TPSA) is 77.2 Å². The van der Waals surface area contributed by atoms with Crippen molar-refractivity contribution in [3.05, 3.63) is 69.3 Å². The molecule has 0 unspecified atom stereocenters. The molecule has 9 heteroatoms. The Morgan fingerprint density at radius 2 is 1.84 bits per heavy atom. The van der Waals surface area contributed by atoms with Gasteiger partial charge in [-0.3, -0.25) is 0 Å². The van der Waals surface area contributed by atoms with Crippen molar-refractivity contribution in [3.8, 4) is 5.75 Å². The lowest BCUT2D eigenvalue weighted by atomic mass is 9.84. The van der Waals surface area contributed by atoms with Crippen LogP contribution in [0.3, 0.4) is 0 Å². The second kappa shape index (κ2) is 10.1. The third-order valence-corrected chi connectivity index (χ3v) is 7.92. The minimum absolute atomic E-state index is 0.00937. The molecule has 0 amide bonds. The number of nitrogens with zero attached hydrogens (tertiary/aromatic N) is 3. The van der Waals surface area contributed by atoms with Gasteiger partial charge in [-0.05, 0) is 67.0 Å². The van der Waals surface area contributed by atoms with Gasteiger partial charge in [0.05, 0.1) is 23.7 Å². The van der Waals surface area contributed by atoms with E-state index in [0.717, 1.165) is 37.0 Å². The normalized spacial score (nSPS) is 18.5. The Morgan fingerprint density at radius 3 is 2.47 bits per heavy atom. The van der Waals surface area contributed by atoms with Crippen LogP contribution in [-0.4, -0.2) is 38.4 Å². The van der Waals surface area contributed by atoms with Crippen molar-refractivity contribution in [2.24, 2.45) is 0 Å². The number of thioether (sulfide) groups is 1. The minimum Gasteiger partial charge on any atom is -0.497 e. The molecular weight excluding hydrogens is 469 g/mol. The Labute approximate surface area is 200 Å². The molecule has 0 radical (unpaired) electrons. The van der Waals surface area contributed by atoms with Gasteiger partial charge >= 0.3 is 5.97 Å². The summed E-state index contributed by atoms with van der Waals surface area (Å²) in [5, 5.41) is 19.7. The lowest BCUT2D eigenvalue weighted by Crippen LogP contribution is -2.16. The number of aromatic carboxylic acids is 1. The van der Waals surface area contributed by atoms with Gasteiger partial charge in [-0.2, -0.15) is 0 Å². The van der Waals surface area contributed by atoms with Crippen LogP contribution in [0, 0.1) is 0 Å². The van der Waals surface area contributed by atoms with Gasteiger partial charge in [0.25, 0.3) is 0 Å². The number of ether oxygens (including phenoxy) is 1. The Kier molecular flexibility index (Phi) is 7.28. The summed E-state index contributed by atoms with van der Waals surface area (Å²) in [4.78, 5) is 11.7. The molecule has 1 fully saturated rings. The summed E-state index contributed by atoms with van der Waals surface area (Å²) in [5.74, 6) is 0.146. The quantitative estimate of drug-likeness (QED) is 0.426. The Hall–Kier alpha value is -2.22. The van der Waals surface area contributed by atoms with E-state index in [4.69, 9.17) is 27.9 Å². The molecule has 1 aliphatic rings. The zero-order chi connectivity index (χ0) is 22.7. The number of carboxylic acid groups (broad SMARTS) is 1. The molecular formula is C23H23Cl2N3O3S. The number of benzene rings is 2. The van der Waals surface area contributed by atoms with Crippen LogP contribution in [0.15, 0.2) is 47.5 Å². The molecule has 0 spiro atoms. The SMILES string of the molecule is COc1ccc(Cn2nnc(C(=O)O)c2SC2CCC(c3ccc(Cl)c(Cl)c3)CC2)cc1. The smallest absolute Gasteiger partial charge is 0.359 e. The van der Waals surface area contributed by atoms with Crippen molar-refractivity contribution >= 4 is 40.9 Å². The van der Waals surface area contributed by atoms with Crippen molar-refractivity contribution < 1.29 is 14.6 Å². The van der Waals surface area contributed by atoms with Crippen LogP contribution >= 0.6 is 35.0 Å². The van der Waals surface area contributed by atoms with Crippen molar-refractivity contribution in [1.29, 1.82) is 0 Å². The zero-order valence-electron chi connectivity index (χ0n) is 17.5. The average Bonchev–Trinajstić information content (AvgIpc) is 3.19. The molecule has 1 N–H and O–H groups in total. The molecule has 2 aromatic carbocycles. The van der Waals surface area contributed by atoms with E-state index in [2.05, 4.69) is 10.3 Å². The van der Waals surface area contributed by atoms with E-state index in [0.29, 0.717) is 32.8 Å². The number of aromatic nitrogens is 3. The summed E-state index contributed by atoms with van der Waals surface area (Å²) in [5.41, 5.74) is 2.22. The highest BCUT2D eigenvalue weighted by Gasteiger charge is 2.28. The van der Waals surface area contributed by atoms with E-state index < -0.39 is 5.97 Å². The average molecular weight is 492 g/mol. The van der Waals surface area contributed by atoms with Gasteiger partial charge in [-0.25, -0.2) is 9.48 Å². The zero-order valence-corrected chi connectivity index (χ0v) is 19.8. The van der Waals surface area contributed by atoms with Crippen molar-refractivity contribution in [1.82, 2.24) is 15.0 Å². The van der Waals surface area contributed by atoms with Gasteiger partial charge in [0.15, 0.2) is 0 Å². The summed E-state index contributed by atoms with van der Waals surface area (Å²) in [6, 6.07) is 13.5. The molecule has 3 aromatic rings. The van der Waals surface area contributed by atoms with E-state index in [1.165, 1.54) is 5.56 Å². The van der Waals surface area contributed by atoms with Gasteiger partial charge in [-0.1, -0.05) is 46.6 Å². The lowest BCUT2D eigenvalue weighted by Gasteiger charge is -2.28. The van der Waals surface area contributed by atoms with Crippen molar-refractivity contribution in [3.63, 3.8) is 0 Å². The molecule has 1 heterocycles. The van der Waals surface area contributed by atoms with Crippen LogP contribution in [0.5, 0.6) is 5.75 Å². The predicted molar refractivity (Wildman–Crippen MR) is 126 cm³/mol. The van der Waals surface area contributed by atoms with Crippen molar-refractivity contribution in [2.75, 3.05) is 7.11 Å². The van der Waals surface area contributed by atoms with Crippen LogP contribution in [0.25, 0.3) is 0 Å². The fourth-order valence-electron chi connectivity index (χ4n) is 4.00. The number of carboxylic acids is 1. The second-order valence-electron chi connectivity index (χ2n) is 7.82. The van der Waals surface area contributed by atoms with E-state index in [1.807, 2.05) is 42.5 Å². The summed E-state index contributed by atoms with van der Waals surface area (Å²) < 4.78 is 6.88. The number of carbonyl (C=O) groups is 1. The first kappa shape index (κ1) is 23.0. The lowest BCUT2D eigenvalue weighted by molar-refractivity contribution is 0.0686. The highest BCUT2D eigenvalue weighted by molar-refractivity contribution is 7.99. The van der Waals surface area contributed by atoms with Gasteiger partial charge in [0, 0.05) is 5.25 Å². The Morgan fingerprint density at radius 1 is 1.12 bits per heavy atom. The molecule has 6 nitrogen and oxygen atoms in total. The van der Waals surface area contributed by atoms with E-state index >= 15 is 0 Å².